The number of amides is 2. The SMILES string of the molecule is C[C@H]1CN(C(=O)c2coc(C(N)=O)c2)[C@@H](c2ccccc2)CO1. The van der Waals surface area contributed by atoms with E-state index in [0.717, 1.165) is 5.56 Å². The van der Waals surface area contributed by atoms with Gasteiger partial charge in [-0.1, -0.05) is 30.3 Å². The highest BCUT2D eigenvalue weighted by Crippen LogP contribution is 2.28. The fourth-order valence-corrected chi connectivity index (χ4v) is 2.72. The van der Waals surface area contributed by atoms with E-state index in [2.05, 4.69) is 0 Å². The van der Waals surface area contributed by atoms with Crippen molar-refractivity contribution in [1.82, 2.24) is 4.90 Å². The van der Waals surface area contributed by atoms with E-state index in [1.165, 1.54) is 12.3 Å². The Bertz CT molecular complexity index is 710. The van der Waals surface area contributed by atoms with Crippen molar-refractivity contribution in [3.05, 3.63) is 59.5 Å². The van der Waals surface area contributed by atoms with Crippen LogP contribution in [0.5, 0.6) is 0 Å². The maximum absolute atomic E-state index is 12.8. The molecule has 3 rings (SSSR count). The van der Waals surface area contributed by atoms with Crippen molar-refractivity contribution in [3.8, 4) is 0 Å². The van der Waals surface area contributed by atoms with Crippen LogP contribution in [0.25, 0.3) is 0 Å². The van der Waals surface area contributed by atoms with Crippen molar-refractivity contribution in [2.45, 2.75) is 19.1 Å². The average Bonchev–Trinajstić information content (AvgIpc) is 3.05. The highest BCUT2D eigenvalue weighted by atomic mass is 16.5. The molecule has 0 bridgehead atoms. The normalized spacial score (nSPS) is 21.2. The highest BCUT2D eigenvalue weighted by Gasteiger charge is 2.33. The molecule has 2 aromatic rings. The molecule has 120 valence electrons. The lowest BCUT2D eigenvalue weighted by molar-refractivity contribution is -0.0447. The molecular weight excluding hydrogens is 296 g/mol. The molecule has 1 fully saturated rings. The minimum Gasteiger partial charge on any atom is -0.458 e. The summed E-state index contributed by atoms with van der Waals surface area (Å²) in [4.78, 5) is 25.7. The van der Waals surface area contributed by atoms with Crippen LogP contribution in [-0.2, 0) is 4.74 Å². The predicted octanol–water partition coefficient (Wildman–Crippen LogP) is 1.98. The summed E-state index contributed by atoms with van der Waals surface area (Å²) >= 11 is 0. The summed E-state index contributed by atoms with van der Waals surface area (Å²) in [5.74, 6) is -0.921. The molecule has 6 heteroatoms. The Hall–Kier alpha value is -2.60. The second kappa shape index (κ2) is 6.26. The van der Waals surface area contributed by atoms with Gasteiger partial charge in [0.2, 0.25) is 0 Å². The van der Waals surface area contributed by atoms with Crippen molar-refractivity contribution in [3.63, 3.8) is 0 Å². The van der Waals surface area contributed by atoms with Crippen LogP contribution in [0.1, 0.15) is 39.4 Å². The molecule has 1 aromatic heterocycles. The van der Waals surface area contributed by atoms with E-state index in [1.807, 2.05) is 37.3 Å². The zero-order valence-electron chi connectivity index (χ0n) is 12.8. The number of ether oxygens (including phenoxy) is 1. The number of carbonyl (C=O) groups is 2. The van der Waals surface area contributed by atoms with Crippen LogP contribution in [0.2, 0.25) is 0 Å². The van der Waals surface area contributed by atoms with Gasteiger partial charge in [0.25, 0.3) is 11.8 Å². The Morgan fingerprint density at radius 3 is 2.65 bits per heavy atom. The number of carbonyl (C=O) groups excluding carboxylic acids is 2. The van der Waals surface area contributed by atoms with E-state index in [0.29, 0.717) is 18.7 Å². The van der Waals surface area contributed by atoms with Crippen LogP contribution in [0.4, 0.5) is 0 Å². The van der Waals surface area contributed by atoms with Gasteiger partial charge >= 0.3 is 0 Å². The summed E-state index contributed by atoms with van der Waals surface area (Å²) in [5.41, 5.74) is 6.49. The quantitative estimate of drug-likeness (QED) is 0.938. The van der Waals surface area contributed by atoms with Gasteiger partial charge in [-0.05, 0) is 12.5 Å². The molecule has 2 atom stereocenters. The first-order valence-electron chi connectivity index (χ1n) is 7.42. The lowest BCUT2D eigenvalue weighted by Gasteiger charge is -2.38. The van der Waals surface area contributed by atoms with Gasteiger partial charge in [-0.15, -0.1) is 0 Å². The number of hydrogen-bond acceptors (Lipinski definition) is 4. The maximum atomic E-state index is 12.8. The fourth-order valence-electron chi connectivity index (χ4n) is 2.72. The average molecular weight is 314 g/mol. The number of hydrogen-bond donors (Lipinski definition) is 1. The number of benzene rings is 1. The minimum atomic E-state index is -0.695. The standard InChI is InChI=1S/C17H18N2O4/c1-11-8-19(14(10-22-11)12-5-3-2-4-6-12)17(21)13-7-15(16(18)20)23-9-13/h2-7,9,11,14H,8,10H2,1H3,(H2,18,20)/t11-,14+/m0/s1. The second-order valence-corrected chi connectivity index (χ2v) is 5.59. The second-order valence-electron chi connectivity index (χ2n) is 5.59. The summed E-state index contributed by atoms with van der Waals surface area (Å²) in [6, 6.07) is 10.9. The van der Waals surface area contributed by atoms with E-state index < -0.39 is 5.91 Å². The molecular formula is C17H18N2O4. The van der Waals surface area contributed by atoms with Gasteiger partial charge in [0.1, 0.15) is 6.26 Å². The van der Waals surface area contributed by atoms with E-state index in [9.17, 15) is 9.59 Å². The summed E-state index contributed by atoms with van der Waals surface area (Å²) in [5, 5.41) is 0. The van der Waals surface area contributed by atoms with E-state index in [-0.39, 0.29) is 23.8 Å². The molecule has 2 amide bonds. The molecule has 23 heavy (non-hydrogen) atoms. The van der Waals surface area contributed by atoms with Crippen molar-refractivity contribution in [2.24, 2.45) is 5.73 Å². The number of rotatable bonds is 3. The van der Waals surface area contributed by atoms with Gasteiger partial charge in [0, 0.05) is 12.6 Å². The van der Waals surface area contributed by atoms with E-state index in [1.54, 1.807) is 4.90 Å². The molecule has 2 N–H and O–H groups in total. The van der Waals surface area contributed by atoms with Crippen LogP contribution in [0, 0.1) is 0 Å². The highest BCUT2D eigenvalue weighted by molar-refractivity contribution is 5.98. The summed E-state index contributed by atoms with van der Waals surface area (Å²) in [7, 11) is 0. The smallest absolute Gasteiger partial charge is 0.284 e. The van der Waals surface area contributed by atoms with Gasteiger partial charge in [-0.3, -0.25) is 9.59 Å². The summed E-state index contributed by atoms with van der Waals surface area (Å²) in [6.07, 6.45) is 1.21. The Balaban J connectivity index is 1.89. The zero-order valence-corrected chi connectivity index (χ0v) is 12.8. The van der Waals surface area contributed by atoms with Gasteiger partial charge in [-0.2, -0.15) is 0 Å². The number of morpholine rings is 1. The number of primary amides is 1. The lowest BCUT2D eigenvalue weighted by Crippen LogP contribution is -2.46. The molecule has 6 nitrogen and oxygen atoms in total. The summed E-state index contributed by atoms with van der Waals surface area (Å²) in [6.45, 7) is 2.82. The van der Waals surface area contributed by atoms with Crippen LogP contribution in [-0.4, -0.2) is 36.0 Å². The first-order chi connectivity index (χ1) is 11.1. The van der Waals surface area contributed by atoms with Crippen molar-refractivity contribution in [1.29, 1.82) is 0 Å². The number of nitrogens with zero attached hydrogens (tertiary/aromatic N) is 1. The minimum absolute atomic E-state index is 0.0223. The van der Waals surface area contributed by atoms with Crippen molar-refractivity contribution >= 4 is 11.8 Å². The Morgan fingerprint density at radius 2 is 2.00 bits per heavy atom. The van der Waals surface area contributed by atoms with Crippen LogP contribution in [0.3, 0.4) is 0 Å². The molecule has 1 aliphatic heterocycles. The molecule has 1 aliphatic rings. The molecule has 1 aromatic carbocycles. The third kappa shape index (κ3) is 3.12. The molecule has 0 aliphatic carbocycles. The molecule has 0 spiro atoms. The van der Waals surface area contributed by atoms with Crippen LogP contribution >= 0.6 is 0 Å². The first-order valence-corrected chi connectivity index (χ1v) is 7.42. The lowest BCUT2D eigenvalue weighted by atomic mass is 10.0. The van der Waals surface area contributed by atoms with E-state index in [4.69, 9.17) is 14.9 Å². The third-order valence-electron chi connectivity index (χ3n) is 3.90. The van der Waals surface area contributed by atoms with Crippen LogP contribution < -0.4 is 5.73 Å². The fraction of sp³-hybridized carbons (Fsp3) is 0.294. The van der Waals surface area contributed by atoms with Crippen molar-refractivity contribution in [2.75, 3.05) is 13.2 Å². The van der Waals surface area contributed by atoms with Gasteiger partial charge in [-0.25, -0.2) is 0 Å². The maximum Gasteiger partial charge on any atom is 0.284 e. The molecule has 1 saturated heterocycles. The zero-order chi connectivity index (χ0) is 16.4. The third-order valence-corrected chi connectivity index (χ3v) is 3.90. The van der Waals surface area contributed by atoms with Gasteiger partial charge in [0.05, 0.1) is 24.3 Å². The van der Waals surface area contributed by atoms with E-state index >= 15 is 0 Å². The van der Waals surface area contributed by atoms with Crippen molar-refractivity contribution < 1.29 is 18.7 Å². The topological polar surface area (TPSA) is 85.8 Å². The molecule has 2 heterocycles. The largest absolute Gasteiger partial charge is 0.458 e. The number of furan rings is 1. The Morgan fingerprint density at radius 1 is 1.26 bits per heavy atom. The Kier molecular flexibility index (Phi) is 4.16. The first kappa shape index (κ1) is 15.3. The predicted molar refractivity (Wildman–Crippen MR) is 82.9 cm³/mol. The van der Waals surface area contributed by atoms with Crippen LogP contribution in [0.15, 0.2) is 47.1 Å². The molecule has 0 saturated carbocycles. The molecule has 0 unspecified atom stereocenters. The number of nitrogens with two attached hydrogens (primary N) is 1. The van der Waals surface area contributed by atoms with Gasteiger partial charge < -0.3 is 19.8 Å². The van der Waals surface area contributed by atoms with Gasteiger partial charge in [0.15, 0.2) is 5.76 Å². The Labute approximate surface area is 133 Å². The molecule has 0 radical (unpaired) electrons. The summed E-state index contributed by atoms with van der Waals surface area (Å²) < 4.78 is 10.8. The monoisotopic (exact) mass is 314 g/mol.